The molecule has 0 aromatic heterocycles. The van der Waals surface area contributed by atoms with Gasteiger partial charge >= 0.3 is 0 Å². The SMILES string of the molecule is Clc1cccc2c1NCCC2NC1CC1. The molecule has 1 aliphatic carbocycles. The van der Waals surface area contributed by atoms with E-state index in [2.05, 4.69) is 16.7 Å². The Bertz CT molecular complexity index is 374. The van der Waals surface area contributed by atoms with E-state index < -0.39 is 0 Å². The predicted octanol–water partition coefficient (Wildman–Crippen LogP) is 2.95. The Morgan fingerprint density at radius 3 is 2.93 bits per heavy atom. The van der Waals surface area contributed by atoms with Gasteiger partial charge in [-0.25, -0.2) is 0 Å². The molecule has 2 N–H and O–H groups in total. The van der Waals surface area contributed by atoms with E-state index >= 15 is 0 Å². The van der Waals surface area contributed by atoms with Gasteiger partial charge in [-0.1, -0.05) is 23.7 Å². The fourth-order valence-corrected chi connectivity index (χ4v) is 2.47. The number of fused-ring (bicyclic) bond motifs is 1. The molecule has 0 spiro atoms. The molecule has 2 nitrogen and oxygen atoms in total. The van der Waals surface area contributed by atoms with Gasteiger partial charge in [0.15, 0.2) is 0 Å². The Labute approximate surface area is 95.0 Å². The molecular weight excluding hydrogens is 208 g/mol. The molecule has 0 amide bonds. The van der Waals surface area contributed by atoms with Crippen molar-refractivity contribution in [2.24, 2.45) is 0 Å². The largest absolute Gasteiger partial charge is 0.383 e. The maximum absolute atomic E-state index is 6.17. The van der Waals surface area contributed by atoms with Crippen LogP contribution in [-0.4, -0.2) is 12.6 Å². The van der Waals surface area contributed by atoms with Crippen molar-refractivity contribution < 1.29 is 0 Å². The molecule has 80 valence electrons. The average molecular weight is 223 g/mol. The molecule has 1 unspecified atom stereocenters. The molecule has 1 atom stereocenters. The van der Waals surface area contributed by atoms with E-state index in [1.165, 1.54) is 18.4 Å². The van der Waals surface area contributed by atoms with Crippen LogP contribution in [0.2, 0.25) is 5.02 Å². The van der Waals surface area contributed by atoms with Crippen molar-refractivity contribution in [3.8, 4) is 0 Å². The highest BCUT2D eigenvalue weighted by Gasteiger charge is 2.28. The van der Waals surface area contributed by atoms with Crippen molar-refractivity contribution in [1.82, 2.24) is 5.32 Å². The van der Waals surface area contributed by atoms with Crippen molar-refractivity contribution in [2.75, 3.05) is 11.9 Å². The number of benzene rings is 1. The molecule has 1 fully saturated rings. The third kappa shape index (κ3) is 1.84. The van der Waals surface area contributed by atoms with Crippen LogP contribution in [0.15, 0.2) is 18.2 Å². The van der Waals surface area contributed by atoms with Gasteiger partial charge in [0.1, 0.15) is 0 Å². The van der Waals surface area contributed by atoms with Gasteiger partial charge in [-0.15, -0.1) is 0 Å². The van der Waals surface area contributed by atoms with E-state index in [4.69, 9.17) is 11.6 Å². The van der Waals surface area contributed by atoms with Gasteiger partial charge in [0.25, 0.3) is 0 Å². The lowest BCUT2D eigenvalue weighted by atomic mass is 9.98. The van der Waals surface area contributed by atoms with Gasteiger partial charge in [0, 0.05) is 18.6 Å². The molecule has 1 heterocycles. The quantitative estimate of drug-likeness (QED) is 0.804. The van der Waals surface area contributed by atoms with Crippen LogP contribution in [0.3, 0.4) is 0 Å². The Kier molecular flexibility index (Phi) is 2.33. The third-order valence-corrected chi connectivity index (χ3v) is 3.49. The second-order valence-corrected chi connectivity index (χ2v) is 4.82. The third-order valence-electron chi connectivity index (χ3n) is 3.17. The first-order valence-electron chi connectivity index (χ1n) is 5.63. The summed E-state index contributed by atoms with van der Waals surface area (Å²) in [6, 6.07) is 7.41. The van der Waals surface area contributed by atoms with Crippen molar-refractivity contribution in [2.45, 2.75) is 31.3 Å². The lowest BCUT2D eigenvalue weighted by molar-refractivity contribution is 0.498. The molecule has 0 saturated heterocycles. The van der Waals surface area contributed by atoms with Crippen molar-refractivity contribution >= 4 is 17.3 Å². The molecule has 1 aliphatic heterocycles. The maximum Gasteiger partial charge on any atom is 0.0640 e. The minimum Gasteiger partial charge on any atom is -0.383 e. The van der Waals surface area contributed by atoms with Gasteiger partial charge in [-0.3, -0.25) is 0 Å². The monoisotopic (exact) mass is 222 g/mol. The Morgan fingerprint density at radius 2 is 2.13 bits per heavy atom. The van der Waals surface area contributed by atoms with E-state index in [1.54, 1.807) is 0 Å². The van der Waals surface area contributed by atoms with E-state index in [9.17, 15) is 0 Å². The van der Waals surface area contributed by atoms with Crippen LogP contribution >= 0.6 is 11.6 Å². The summed E-state index contributed by atoms with van der Waals surface area (Å²) in [5.74, 6) is 0. The van der Waals surface area contributed by atoms with Gasteiger partial charge < -0.3 is 10.6 Å². The van der Waals surface area contributed by atoms with Crippen LogP contribution in [0.5, 0.6) is 0 Å². The molecule has 3 heteroatoms. The van der Waals surface area contributed by atoms with Crippen molar-refractivity contribution in [1.29, 1.82) is 0 Å². The summed E-state index contributed by atoms with van der Waals surface area (Å²) in [5.41, 5.74) is 2.46. The van der Waals surface area contributed by atoms with Crippen LogP contribution in [0.1, 0.15) is 30.9 Å². The minimum absolute atomic E-state index is 0.493. The molecule has 0 radical (unpaired) electrons. The van der Waals surface area contributed by atoms with E-state index in [0.29, 0.717) is 6.04 Å². The summed E-state index contributed by atoms with van der Waals surface area (Å²) < 4.78 is 0. The Morgan fingerprint density at radius 1 is 1.27 bits per heavy atom. The average Bonchev–Trinajstić information content (AvgIpc) is 3.04. The molecule has 1 aromatic carbocycles. The first-order valence-corrected chi connectivity index (χ1v) is 6.01. The standard InChI is InChI=1S/C12H15ClN2/c13-10-3-1-2-9-11(15-8-4-5-8)6-7-14-12(9)10/h1-3,8,11,14-15H,4-7H2. The molecule has 15 heavy (non-hydrogen) atoms. The molecular formula is C12H15ClN2. The van der Waals surface area contributed by atoms with Gasteiger partial charge in [-0.05, 0) is 30.9 Å². The normalized spacial score (nSPS) is 24.5. The smallest absolute Gasteiger partial charge is 0.0640 e. The second kappa shape index (κ2) is 3.69. The zero-order valence-corrected chi connectivity index (χ0v) is 9.35. The zero-order chi connectivity index (χ0) is 10.3. The topological polar surface area (TPSA) is 24.1 Å². The maximum atomic E-state index is 6.17. The number of hydrogen-bond acceptors (Lipinski definition) is 2. The number of para-hydroxylation sites is 1. The molecule has 0 bridgehead atoms. The summed E-state index contributed by atoms with van der Waals surface area (Å²) in [4.78, 5) is 0. The minimum atomic E-state index is 0.493. The first kappa shape index (κ1) is 9.49. The molecule has 2 aliphatic rings. The lowest BCUT2D eigenvalue weighted by Crippen LogP contribution is -2.29. The Hall–Kier alpha value is -0.730. The molecule has 1 saturated carbocycles. The summed E-state index contributed by atoms with van der Waals surface area (Å²) in [5, 5.41) is 7.90. The van der Waals surface area contributed by atoms with Crippen molar-refractivity contribution in [3.63, 3.8) is 0 Å². The summed E-state index contributed by atoms with van der Waals surface area (Å²) >= 11 is 6.17. The number of halogens is 1. The Balaban J connectivity index is 1.91. The first-order chi connectivity index (χ1) is 7.34. The number of anilines is 1. The van der Waals surface area contributed by atoms with Gasteiger partial charge in [0.05, 0.1) is 10.7 Å². The van der Waals surface area contributed by atoms with E-state index in [0.717, 1.165) is 29.7 Å². The highest BCUT2D eigenvalue weighted by Crippen LogP contribution is 2.36. The second-order valence-electron chi connectivity index (χ2n) is 4.41. The highest BCUT2D eigenvalue weighted by atomic mass is 35.5. The van der Waals surface area contributed by atoms with Gasteiger partial charge in [0.2, 0.25) is 0 Å². The summed E-state index contributed by atoms with van der Waals surface area (Å²) in [6.45, 7) is 1.02. The molecule has 3 rings (SSSR count). The van der Waals surface area contributed by atoms with E-state index in [-0.39, 0.29) is 0 Å². The lowest BCUT2D eigenvalue weighted by Gasteiger charge is -2.28. The van der Waals surface area contributed by atoms with Crippen LogP contribution < -0.4 is 10.6 Å². The summed E-state index contributed by atoms with van der Waals surface area (Å²) in [7, 11) is 0. The van der Waals surface area contributed by atoms with Gasteiger partial charge in [-0.2, -0.15) is 0 Å². The molecule has 1 aromatic rings. The summed E-state index contributed by atoms with van der Waals surface area (Å²) in [6.07, 6.45) is 3.82. The van der Waals surface area contributed by atoms with E-state index in [1.807, 2.05) is 12.1 Å². The number of rotatable bonds is 2. The fraction of sp³-hybridized carbons (Fsp3) is 0.500. The van der Waals surface area contributed by atoms with Crippen LogP contribution in [-0.2, 0) is 0 Å². The van der Waals surface area contributed by atoms with Crippen LogP contribution in [0.4, 0.5) is 5.69 Å². The highest BCUT2D eigenvalue weighted by molar-refractivity contribution is 6.33. The van der Waals surface area contributed by atoms with Crippen molar-refractivity contribution in [3.05, 3.63) is 28.8 Å². The fourth-order valence-electron chi connectivity index (χ4n) is 2.22. The number of nitrogens with one attached hydrogen (secondary N) is 2. The predicted molar refractivity (Wildman–Crippen MR) is 63.5 cm³/mol. The zero-order valence-electron chi connectivity index (χ0n) is 8.59. The number of hydrogen-bond donors (Lipinski definition) is 2. The van der Waals surface area contributed by atoms with Crippen LogP contribution in [0.25, 0.3) is 0 Å². The van der Waals surface area contributed by atoms with Crippen LogP contribution in [0, 0.1) is 0 Å².